The van der Waals surface area contributed by atoms with Crippen LogP contribution < -0.4 is 5.32 Å². The number of pyridine rings is 1. The van der Waals surface area contributed by atoms with Crippen LogP contribution in [0.5, 0.6) is 0 Å². The number of hydrogen-bond donors (Lipinski definition) is 1. The maximum atomic E-state index is 12.8. The number of aromatic nitrogens is 1. The molecule has 1 aliphatic carbocycles. The molecule has 6 heteroatoms. The number of fused-ring (bicyclic) bond motifs is 1. The lowest BCUT2D eigenvalue weighted by Gasteiger charge is -2.29. The zero-order valence-corrected chi connectivity index (χ0v) is 20.1. The van der Waals surface area contributed by atoms with Gasteiger partial charge in [-0.1, -0.05) is 68.5 Å². The Morgan fingerprint density at radius 3 is 2.69 bits per heavy atom. The molecule has 4 rings (SSSR count). The van der Waals surface area contributed by atoms with E-state index in [1.165, 1.54) is 11.8 Å². The second-order valence-corrected chi connectivity index (χ2v) is 9.70. The fourth-order valence-corrected chi connectivity index (χ4v) is 4.20. The van der Waals surface area contributed by atoms with E-state index in [-0.39, 0.29) is 13.0 Å². The van der Waals surface area contributed by atoms with Gasteiger partial charge in [-0.15, -0.1) is 0 Å². The van der Waals surface area contributed by atoms with Crippen LogP contribution >= 0.6 is 0 Å². The number of carbonyl (C=O) groups excluding carboxylic acids is 2. The van der Waals surface area contributed by atoms with Crippen LogP contribution in [0.15, 0.2) is 66.9 Å². The maximum absolute atomic E-state index is 12.8. The van der Waals surface area contributed by atoms with Gasteiger partial charge in [0.1, 0.15) is 12.6 Å². The number of allylic oxidation sites excluding steroid dienone is 2. The van der Waals surface area contributed by atoms with E-state index in [1.807, 2.05) is 48.5 Å². The van der Waals surface area contributed by atoms with E-state index in [1.54, 1.807) is 6.07 Å². The van der Waals surface area contributed by atoms with E-state index < -0.39 is 17.9 Å². The van der Waals surface area contributed by atoms with Crippen molar-refractivity contribution in [3.63, 3.8) is 0 Å². The summed E-state index contributed by atoms with van der Waals surface area (Å²) in [6.45, 7) is 4.69. The van der Waals surface area contributed by atoms with Crippen molar-refractivity contribution in [1.82, 2.24) is 10.3 Å². The number of amides is 1. The molecule has 1 unspecified atom stereocenters. The zero-order chi connectivity index (χ0) is 24.8. The van der Waals surface area contributed by atoms with Crippen LogP contribution in [0, 0.1) is 16.7 Å². The topological polar surface area (TPSA) is 92.1 Å². The largest absolute Gasteiger partial charge is 0.461 e. The van der Waals surface area contributed by atoms with Crippen molar-refractivity contribution in [2.24, 2.45) is 5.41 Å². The Morgan fingerprint density at radius 1 is 1.17 bits per heavy atom. The van der Waals surface area contributed by atoms with Crippen molar-refractivity contribution in [2.45, 2.75) is 52.2 Å². The van der Waals surface area contributed by atoms with E-state index in [0.717, 1.165) is 41.3 Å². The third kappa shape index (κ3) is 6.13. The predicted octanol–water partition coefficient (Wildman–Crippen LogP) is 5.58. The Hall–Kier alpha value is -3.98. The minimum absolute atomic E-state index is 0.122. The van der Waals surface area contributed by atoms with Gasteiger partial charge in [-0.05, 0) is 41.9 Å². The number of ether oxygens (including phenoxy) is 1. The molecule has 0 radical (unpaired) electrons. The van der Waals surface area contributed by atoms with Gasteiger partial charge in [-0.3, -0.25) is 14.6 Å². The third-order valence-electron chi connectivity index (χ3n) is 6.37. The Balaban J connectivity index is 1.42. The molecule has 1 amide bonds. The molecule has 2 aromatic carbocycles. The van der Waals surface area contributed by atoms with Gasteiger partial charge in [-0.25, -0.2) is 0 Å². The zero-order valence-electron chi connectivity index (χ0n) is 20.1. The highest BCUT2D eigenvalue weighted by atomic mass is 16.5. The summed E-state index contributed by atoms with van der Waals surface area (Å²) in [7, 11) is 0. The highest BCUT2D eigenvalue weighted by molar-refractivity contribution is 5.99. The quantitative estimate of drug-likeness (QED) is 0.458. The van der Waals surface area contributed by atoms with Crippen molar-refractivity contribution >= 4 is 28.4 Å². The number of hydrogen-bond acceptors (Lipinski definition) is 5. The molecule has 3 aromatic rings. The normalized spacial score (nSPS) is 15.5. The Morgan fingerprint density at radius 2 is 1.97 bits per heavy atom. The van der Waals surface area contributed by atoms with E-state index >= 15 is 0 Å². The summed E-state index contributed by atoms with van der Waals surface area (Å²) in [5.41, 5.74) is 4.76. The van der Waals surface area contributed by atoms with Crippen molar-refractivity contribution in [3.05, 3.63) is 83.6 Å². The summed E-state index contributed by atoms with van der Waals surface area (Å²) in [4.78, 5) is 29.6. The first kappa shape index (κ1) is 24.2. The summed E-state index contributed by atoms with van der Waals surface area (Å²) in [5.74, 6) is -1.00. The van der Waals surface area contributed by atoms with Gasteiger partial charge >= 0.3 is 5.97 Å². The second kappa shape index (κ2) is 10.5. The van der Waals surface area contributed by atoms with Crippen molar-refractivity contribution in [2.75, 3.05) is 0 Å². The first-order valence-electron chi connectivity index (χ1n) is 11.8. The minimum Gasteiger partial charge on any atom is -0.461 e. The molecule has 1 aliphatic rings. The average Bonchev–Trinajstić information content (AvgIpc) is 2.87. The summed E-state index contributed by atoms with van der Waals surface area (Å²) >= 11 is 0. The Bertz CT molecular complexity index is 1310. The molecule has 0 spiro atoms. The van der Waals surface area contributed by atoms with Gasteiger partial charge in [0.25, 0.3) is 5.91 Å². The molecule has 1 heterocycles. The molecule has 1 atom stereocenters. The molecule has 1 aromatic heterocycles. The predicted molar refractivity (Wildman–Crippen MR) is 135 cm³/mol. The van der Waals surface area contributed by atoms with E-state index in [9.17, 15) is 14.9 Å². The fraction of sp³-hybridized carbons (Fsp3) is 0.310. The summed E-state index contributed by atoms with van der Waals surface area (Å²) < 4.78 is 5.23. The van der Waals surface area contributed by atoms with Crippen LogP contribution in [-0.4, -0.2) is 22.9 Å². The third-order valence-corrected chi connectivity index (χ3v) is 6.37. The van der Waals surface area contributed by atoms with Gasteiger partial charge in [0, 0.05) is 17.1 Å². The van der Waals surface area contributed by atoms with Crippen LogP contribution in [0.1, 0.15) is 61.0 Å². The molecule has 0 saturated heterocycles. The number of esters is 1. The Labute approximate surface area is 205 Å². The van der Waals surface area contributed by atoms with Crippen LogP contribution in [0.4, 0.5) is 0 Å². The van der Waals surface area contributed by atoms with Crippen molar-refractivity contribution in [3.8, 4) is 6.07 Å². The van der Waals surface area contributed by atoms with Gasteiger partial charge < -0.3 is 10.1 Å². The molecule has 178 valence electrons. The SMILES string of the molecule is CC1(C)CC=C(c2cccc3cc(C(=O)NC(C#N)CC(=O)OCc4ccccc4)cnc23)CC1. The summed E-state index contributed by atoms with van der Waals surface area (Å²) in [6.07, 6.45) is 6.75. The molecule has 0 bridgehead atoms. The number of rotatable bonds is 7. The van der Waals surface area contributed by atoms with E-state index in [4.69, 9.17) is 4.74 Å². The molecule has 0 aliphatic heterocycles. The summed E-state index contributed by atoms with van der Waals surface area (Å²) in [6, 6.07) is 18.0. The molecular formula is C29H29N3O3. The van der Waals surface area contributed by atoms with E-state index in [0.29, 0.717) is 11.0 Å². The minimum atomic E-state index is -0.997. The van der Waals surface area contributed by atoms with Gasteiger partial charge in [0.2, 0.25) is 0 Å². The highest BCUT2D eigenvalue weighted by Gasteiger charge is 2.23. The first-order valence-corrected chi connectivity index (χ1v) is 11.8. The number of nitrogens with one attached hydrogen (secondary N) is 1. The van der Waals surface area contributed by atoms with E-state index in [2.05, 4.69) is 36.3 Å². The lowest BCUT2D eigenvalue weighted by atomic mass is 9.77. The van der Waals surface area contributed by atoms with Crippen LogP contribution in [0.25, 0.3) is 16.5 Å². The number of para-hydroxylation sites is 1. The van der Waals surface area contributed by atoms with Gasteiger partial charge in [0.05, 0.1) is 23.6 Å². The maximum Gasteiger partial charge on any atom is 0.309 e. The standard InChI is InChI=1S/C29H29N3O3/c1-29(2)13-11-21(12-14-29)25-10-6-9-22-15-23(18-31-27(22)25)28(34)32-24(17-30)16-26(33)35-19-20-7-4-3-5-8-20/h3-11,15,18,24H,12-14,16,19H2,1-2H3,(H,32,34). The molecule has 35 heavy (non-hydrogen) atoms. The molecule has 0 fully saturated rings. The Kier molecular flexibility index (Phi) is 7.26. The fourth-order valence-electron chi connectivity index (χ4n) is 4.20. The molecular weight excluding hydrogens is 438 g/mol. The number of nitriles is 1. The lowest BCUT2D eigenvalue weighted by Crippen LogP contribution is -2.35. The number of nitrogens with zero attached hydrogens (tertiary/aromatic N) is 2. The second-order valence-electron chi connectivity index (χ2n) is 9.70. The smallest absolute Gasteiger partial charge is 0.309 e. The summed E-state index contributed by atoms with van der Waals surface area (Å²) in [5, 5.41) is 12.9. The highest BCUT2D eigenvalue weighted by Crippen LogP contribution is 2.39. The first-order chi connectivity index (χ1) is 16.8. The molecule has 1 N–H and O–H groups in total. The van der Waals surface area contributed by atoms with Gasteiger partial charge in [-0.2, -0.15) is 5.26 Å². The van der Waals surface area contributed by atoms with Crippen molar-refractivity contribution < 1.29 is 14.3 Å². The van der Waals surface area contributed by atoms with Crippen molar-refractivity contribution in [1.29, 1.82) is 5.26 Å². The average molecular weight is 468 g/mol. The molecule has 0 saturated carbocycles. The number of benzene rings is 2. The monoisotopic (exact) mass is 467 g/mol. The van der Waals surface area contributed by atoms with Crippen LogP contribution in [-0.2, 0) is 16.1 Å². The van der Waals surface area contributed by atoms with Gasteiger partial charge in [0.15, 0.2) is 0 Å². The molecule has 6 nitrogen and oxygen atoms in total. The lowest BCUT2D eigenvalue weighted by molar-refractivity contribution is -0.145. The van der Waals surface area contributed by atoms with Crippen LogP contribution in [0.2, 0.25) is 0 Å². The number of carbonyl (C=O) groups is 2. The van der Waals surface area contributed by atoms with Crippen LogP contribution in [0.3, 0.4) is 0 Å².